The van der Waals surface area contributed by atoms with Gasteiger partial charge in [0.1, 0.15) is 5.58 Å². The molecule has 2 bridgehead atoms. The summed E-state index contributed by atoms with van der Waals surface area (Å²) in [5, 5.41) is 4.43. The van der Waals surface area contributed by atoms with E-state index in [2.05, 4.69) is 50.4 Å². The Kier molecular flexibility index (Phi) is 5.84. The Labute approximate surface area is 242 Å². The maximum atomic E-state index is 13.8. The third-order valence-corrected chi connectivity index (χ3v) is 11.7. The summed E-state index contributed by atoms with van der Waals surface area (Å²) >= 11 is 0. The van der Waals surface area contributed by atoms with E-state index in [1.54, 1.807) is 0 Å². The molecule has 0 unspecified atom stereocenters. The molecule has 5 fully saturated rings. The van der Waals surface area contributed by atoms with Gasteiger partial charge in [-0.15, -0.1) is 0 Å². The molecule has 5 atom stereocenters. The quantitative estimate of drug-likeness (QED) is 0.365. The summed E-state index contributed by atoms with van der Waals surface area (Å²) in [5.74, 6) is 0.787. The van der Waals surface area contributed by atoms with Crippen LogP contribution >= 0.6 is 0 Å². The average Bonchev–Trinajstić information content (AvgIpc) is 3.75. The van der Waals surface area contributed by atoms with Gasteiger partial charge >= 0.3 is 7.12 Å². The number of hydrogen-bond acceptors (Lipinski definition) is 5. The smallest absolute Gasteiger partial charge is 0.464 e. The maximum absolute atomic E-state index is 13.8. The molecule has 1 aromatic heterocycles. The van der Waals surface area contributed by atoms with Crippen LogP contribution in [0, 0.1) is 17.3 Å². The number of nitrogens with one attached hydrogen (secondary N) is 1. The molecule has 1 spiro atoms. The number of benzene rings is 2. The molecule has 3 heterocycles. The Hall–Kier alpha value is -2.61. The molecule has 4 saturated carbocycles. The van der Waals surface area contributed by atoms with Gasteiger partial charge in [-0.05, 0) is 84.6 Å². The van der Waals surface area contributed by atoms with Gasteiger partial charge < -0.3 is 23.8 Å². The highest BCUT2D eigenvalue weighted by Gasteiger charge is 2.68. The van der Waals surface area contributed by atoms with Gasteiger partial charge in [0.2, 0.25) is 5.91 Å². The van der Waals surface area contributed by atoms with Gasteiger partial charge in [-0.3, -0.25) is 4.79 Å². The lowest BCUT2D eigenvalue weighted by Crippen LogP contribution is -2.65. The van der Waals surface area contributed by atoms with Crippen molar-refractivity contribution in [3.8, 4) is 0 Å². The summed E-state index contributed by atoms with van der Waals surface area (Å²) in [6.45, 7) is 7.57. The summed E-state index contributed by atoms with van der Waals surface area (Å²) in [5.41, 5.74) is 5.25. The van der Waals surface area contributed by atoms with Crippen molar-refractivity contribution >= 4 is 24.0 Å². The molecule has 1 saturated heterocycles. The molecule has 4 aliphatic carbocycles. The molecule has 6 nitrogen and oxygen atoms in total. The number of amides is 1. The Morgan fingerprint density at radius 2 is 1.88 bits per heavy atom. The number of furan rings is 1. The first kappa shape index (κ1) is 26.1. The zero-order chi connectivity index (χ0) is 28.0. The molecule has 3 aromatic rings. The standard InChI is InChI=1S/C34H40BNO5/c1-32(2)23-17-28(32)33(3)29(18-23)40-35(41-33)30(15-22-19-38-27-12-5-4-10-24(22)27)36-31(37)16-21-9-8-11-26-25(21)20-39-34(26)13-6-7-14-34/h4-5,8-12,19,23,28-30H,6-7,13-18,20H2,1-3H3,(H,36,37)/t23-,28-,29+,30-,33-/m0/s1. The molecule has 2 aromatic carbocycles. The van der Waals surface area contributed by atoms with Crippen LogP contribution in [0.15, 0.2) is 53.1 Å². The van der Waals surface area contributed by atoms with Crippen LogP contribution in [0.4, 0.5) is 0 Å². The predicted molar refractivity (Wildman–Crippen MR) is 157 cm³/mol. The summed E-state index contributed by atoms with van der Waals surface area (Å²) in [7, 11) is -0.510. The van der Waals surface area contributed by atoms with E-state index in [0.717, 1.165) is 41.4 Å². The van der Waals surface area contributed by atoms with Gasteiger partial charge in [-0.1, -0.05) is 63.1 Å². The Morgan fingerprint density at radius 3 is 2.71 bits per heavy atom. The largest absolute Gasteiger partial charge is 0.482 e. The van der Waals surface area contributed by atoms with Gasteiger partial charge in [-0.2, -0.15) is 0 Å². The summed E-state index contributed by atoms with van der Waals surface area (Å²) in [4.78, 5) is 13.8. The average molecular weight is 554 g/mol. The van der Waals surface area contributed by atoms with E-state index in [-0.39, 0.29) is 34.6 Å². The second-order valence-electron chi connectivity index (χ2n) is 14.1. The van der Waals surface area contributed by atoms with Gasteiger partial charge in [-0.25, -0.2) is 0 Å². The van der Waals surface area contributed by atoms with E-state index in [4.69, 9.17) is 18.5 Å². The molecular weight excluding hydrogens is 513 g/mol. The van der Waals surface area contributed by atoms with E-state index in [1.807, 2.05) is 24.5 Å². The number of rotatable bonds is 6. The van der Waals surface area contributed by atoms with Gasteiger partial charge in [0.05, 0.1) is 42.5 Å². The van der Waals surface area contributed by atoms with Crippen molar-refractivity contribution in [3.05, 3.63) is 71.0 Å². The van der Waals surface area contributed by atoms with Crippen LogP contribution in [0.3, 0.4) is 0 Å². The third kappa shape index (κ3) is 3.91. The van der Waals surface area contributed by atoms with Crippen LogP contribution < -0.4 is 5.32 Å². The highest BCUT2D eigenvalue weighted by molar-refractivity contribution is 6.48. The van der Waals surface area contributed by atoms with Crippen LogP contribution in [-0.2, 0) is 43.9 Å². The maximum Gasteiger partial charge on any atom is 0.482 e. The molecule has 214 valence electrons. The van der Waals surface area contributed by atoms with Gasteiger partial charge in [0.15, 0.2) is 0 Å². The molecular formula is C34H40BNO5. The van der Waals surface area contributed by atoms with E-state index in [1.165, 1.54) is 30.4 Å². The molecule has 1 N–H and O–H groups in total. The SMILES string of the molecule is CC1(C)[C@@H]2C[C@H]3OB([C@H](Cc4coc5ccccc45)NC(=O)Cc4cccc5c4COC54CCCC4)O[C@@]3(C)[C@H]1C2. The van der Waals surface area contributed by atoms with Crippen molar-refractivity contribution < 1.29 is 23.3 Å². The van der Waals surface area contributed by atoms with Crippen LogP contribution in [0.5, 0.6) is 0 Å². The molecule has 7 heteroatoms. The lowest BCUT2D eigenvalue weighted by molar-refractivity contribution is -0.199. The fourth-order valence-corrected chi connectivity index (χ4v) is 9.19. The van der Waals surface area contributed by atoms with Crippen molar-refractivity contribution in [2.45, 2.75) is 102 Å². The number of fused-ring (bicyclic) bond motifs is 3. The first-order valence-electron chi connectivity index (χ1n) is 15.6. The van der Waals surface area contributed by atoms with Crippen molar-refractivity contribution in [1.29, 1.82) is 0 Å². The minimum absolute atomic E-state index is 0.0135. The minimum atomic E-state index is -0.510. The highest BCUT2D eigenvalue weighted by atomic mass is 16.7. The normalized spacial score (nSPS) is 31.2. The first-order chi connectivity index (χ1) is 19.8. The number of carbonyl (C=O) groups is 1. The van der Waals surface area contributed by atoms with E-state index >= 15 is 0 Å². The lowest BCUT2D eigenvalue weighted by Gasteiger charge is -2.64. The fraction of sp³-hybridized carbons (Fsp3) is 0.559. The number of para-hydroxylation sites is 1. The van der Waals surface area contributed by atoms with Crippen LogP contribution in [0.1, 0.15) is 81.5 Å². The van der Waals surface area contributed by atoms with Crippen LogP contribution in [-0.4, -0.2) is 30.7 Å². The Balaban J connectivity index is 1.06. The zero-order valence-electron chi connectivity index (χ0n) is 24.4. The molecule has 41 heavy (non-hydrogen) atoms. The molecule has 6 aliphatic rings. The third-order valence-electron chi connectivity index (χ3n) is 11.7. The second kappa shape index (κ2) is 9.20. The Bertz CT molecular complexity index is 1510. The molecule has 0 radical (unpaired) electrons. The van der Waals surface area contributed by atoms with Crippen LogP contribution in [0.2, 0.25) is 0 Å². The van der Waals surface area contributed by atoms with Crippen molar-refractivity contribution in [2.24, 2.45) is 17.3 Å². The fourth-order valence-electron chi connectivity index (χ4n) is 9.19. The van der Waals surface area contributed by atoms with Gasteiger partial charge in [0.25, 0.3) is 0 Å². The van der Waals surface area contributed by atoms with Crippen LogP contribution in [0.25, 0.3) is 11.0 Å². The molecule has 1 amide bonds. The molecule has 2 aliphatic heterocycles. The number of ether oxygens (including phenoxy) is 1. The van der Waals surface area contributed by atoms with Crippen molar-refractivity contribution in [2.75, 3.05) is 0 Å². The van der Waals surface area contributed by atoms with Crippen molar-refractivity contribution in [1.82, 2.24) is 5.32 Å². The number of carbonyl (C=O) groups excluding carboxylic acids is 1. The monoisotopic (exact) mass is 553 g/mol. The van der Waals surface area contributed by atoms with E-state index in [9.17, 15) is 4.79 Å². The topological polar surface area (TPSA) is 69.9 Å². The lowest BCUT2D eigenvalue weighted by atomic mass is 9.43. The summed E-state index contributed by atoms with van der Waals surface area (Å²) < 4.78 is 25.8. The zero-order valence-corrected chi connectivity index (χ0v) is 24.4. The predicted octanol–water partition coefficient (Wildman–Crippen LogP) is 6.27. The minimum Gasteiger partial charge on any atom is -0.464 e. The second-order valence-corrected chi connectivity index (χ2v) is 14.1. The van der Waals surface area contributed by atoms with E-state index < -0.39 is 7.12 Å². The number of hydrogen-bond donors (Lipinski definition) is 1. The van der Waals surface area contributed by atoms with E-state index in [0.29, 0.717) is 31.3 Å². The van der Waals surface area contributed by atoms with Crippen molar-refractivity contribution in [3.63, 3.8) is 0 Å². The summed E-state index contributed by atoms with van der Waals surface area (Å²) in [6.07, 6.45) is 9.53. The first-order valence-corrected chi connectivity index (χ1v) is 15.6. The Morgan fingerprint density at radius 1 is 1.05 bits per heavy atom. The highest BCUT2D eigenvalue weighted by Crippen LogP contribution is 2.65. The molecule has 9 rings (SSSR count). The van der Waals surface area contributed by atoms with Gasteiger partial charge in [0, 0.05) is 5.39 Å². The summed E-state index contributed by atoms with van der Waals surface area (Å²) in [6, 6.07) is 14.4.